The number of thiazole rings is 1. The Labute approximate surface area is 129 Å². The molecule has 2 aromatic heterocycles. The zero-order chi connectivity index (χ0) is 14.1. The summed E-state index contributed by atoms with van der Waals surface area (Å²) in [6.45, 7) is 3.11. The molecule has 0 saturated carbocycles. The Morgan fingerprint density at radius 3 is 2.95 bits per heavy atom. The van der Waals surface area contributed by atoms with Gasteiger partial charge >= 0.3 is 0 Å². The van der Waals surface area contributed by atoms with Crippen LogP contribution in [0.2, 0.25) is 0 Å². The summed E-state index contributed by atoms with van der Waals surface area (Å²) in [4.78, 5) is 4.58. The van der Waals surface area contributed by atoms with E-state index in [0.29, 0.717) is 0 Å². The molecule has 0 radical (unpaired) electrons. The summed E-state index contributed by atoms with van der Waals surface area (Å²) in [5, 5.41) is 0.914. The molecule has 5 heteroatoms. The maximum Gasteiger partial charge on any atom is 0.183 e. The molecule has 20 heavy (non-hydrogen) atoms. The van der Waals surface area contributed by atoms with Gasteiger partial charge in [-0.2, -0.15) is 0 Å². The molecule has 0 saturated heterocycles. The molecule has 0 aliphatic rings. The summed E-state index contributed by atoms with van der Waals surface area (Å²) in [5.41, 5.74) is 1.89. The standard InChI is InChI=1S/C15H13BrFN2S/c1-2-5-19-8-10(6-11(16)9-19)15-18-13-4-3-12(17)7-14(13)20-15/h3-4,6-9H,2,5H2,1H3/q+1. The number of aromatic nitrogens is 2. The van der Waals surface area contributed by atoms with Gasteiger partial charge in [-0.25, -0.2) is 13.9 Å². The summed E-state index contributed by atoms with van der Waals surface area (Å²) in [5.74, 6) is -0.219. The quantitative estimate of drug-likeness (QED) is 0.632. The van der Waals surface area contributed by atoms with Gasteiger partial charge in [0.25, 0.3) is 0 Å². The highest BCUT2D eigenvalue weighted by Gasteiger charge is 2.12. The van der Waals surface area contributed by atoms with Crippen LogP contribution in [0.25, 0.3) is 20.8 Å². The Morgan fingerprint density at radius 1 is 1.30 bits per heavy atom. The van der Waals surface area contributed by atoms with Crippen molar-refractivity contribution < 1.29 is 8.96 Å². The normalized spacial score (nSPS) is 11.2. The van der Waals surface area contributed by atoms with Gasteiger partial charge in [0.15, 0.2) is 12.4 Å². The third-order valence-electron chi connectivity index (χ3n) is 2.97. The molecule has 2 heterocycles. The van der Waals surface area contributed by atoms with Crippen LogP contribution < -0.4 is 4.57 Å². The van der Waals surface area contributed by atoms with E-state index < -0.39 is 0 Å². The van der Waals surface area contributed by atoms with Crippen LogP contribution in [0.3, 0.4) is 0 Å². The molecule has 0 N–H and O–H groups in total. The van der Waals surface area contributed by atoms with E-state index in [9.17, 15) is 4.39 Å². The molecule has 1 aromatic carbocycles. The summed E-state index contributed by atoms with van der Waals surface area (Å²) in [6.07, 6.45) is 5.22. The zero-order valence-electron chi connectivity index (χ0n) is 10.9. The molecule has 0 unspecified atom stereocenters. The van der Waals surface area contributed by atoms with Crippen molar-refractivity contribution in [3.8, 4) is 10.6 Å². The van der Waals surface area contributed by atoms with Gasteiger partial charge in [0.1, 0.15) is 17.4 Å². The molecule has 0 aliphatic heterocycles. The van der Waals surface area contributed by atoms with Crippen LogP contribution in [-0.2, 0) is 6.54 Å². The number of halogens is 2. The smallest absolute Gasteiger partial charge is 0.183 e. The minimum Gasteiger partial charge on any atom is -0.236 e. The molecular formula is C15H13BrFN2S+. The zero-order valence-corrected chi connectivity index (χ0v) is 13.3. The van der Waals surface area contributed by atoms with E-state index in [1.54, 1.807) is 6.07 Å². The first-order chi connectivity index (χ1) is 9.65. The van der Waals surface area contributed by atoms with Crippen LogP contribution in [0.1, 0.15) is 13.3 Å². The number of fused-ring (bicyclic) bond motifs is 1. The van der Waals surface area contributed by atoms with Crippen molar-refractivity contribution in [2.24, 2.45) is 0 Å². The van der Waals surface area contributed by atoms with Gasteiger partial charge in [-0.3, -0.25) is 0 Å². The topological polar surface area (TPSA) is 16.8 Å². The van der Waals surface area contributed by atoms with E-state index in [1.807, 2.05) is 6.07 Å². The highest BCUT2D eigenvalue weighted by atomic mass is 79.9. The SMILES string of the molecule is CCC[n+]1cc(Br)cc(-c2nc3ccc(F)cc3s2)c1. The van der Waals surface area contributed by atoms with Crippen LogP contribution >= 0.6 is 27.3 Å². The second-order valence-corrected chi connectivity index (χ2v) is 6.56. The fourth-order valence-corrected chi connectivity index (χ4v) is 3.60. The van der Waals surface area contributed by atoms with Crippen molar-refractivity contribution in [2.75, 3.05) is 0 Å². The van der Waals surface area contributed by atoms with Gasteiger partial charge in [0.2, 0.25) is 0 Å². The molecule has 0 bridgehead atoms. The lowest BCUT2D eigenvalue weighted by atomic mass is 10.3. The van der Waals surface area contributed by atoms with Crippen molar-refractivity contribution in [1.29, 1.82) is 0 Å². The molecule has 0 aliphatic carbocycles. The first kappa shape index (κ1) is 13.6. The lowest BCUT2D eigenvalue weighted by Gasteiger charge is -1.98. The Morgan fingerprint density at radius 2 is 2.15 bits per heavy atom. The van der Waals surface area contributed by atoms with Crippen molar-refractivity contribution >= 4 is 37.5 Å². The van der Waals surface area contributed by atoms with E-state index in [0.717, 1.165) is 38.2 Å². The second-order valence-electron chi connectivity index (χ2n) is 4.61. The number of rotatable bonds is 3. The number of nitrogens with zero attached hydrogens (tertiary/aromatic N) is 2. The van der Waals surface area contributed by atoms with Gasteiger partial charge in [0, 0.05) is 6.42 Å². The monoisotopic (exact) mass is 351 g/mol. The van der Waals surface area contributed by atoms with Gasteiger partial charge in [-0.15, -0.1) is 11.3 Å². The van der Waals surface area contributed by atoms with Gasteiger partial charge in [0.05, 0.1) is 20.3 Å². The van der Waals surface area contributed by atoms with Gasteiger partial charge in [-0.05, 0) is 40.2 Å². The van der Waals surface area contributed by atoms with Crippen LogP contribution in [0, 0.1) is 5.82 Å². The van der Waals surface area contributed by atoms with E-state index in [2.05, 4.69) is 44.8 Å². The van der Waals surface area contributed by atoms with Crippen LogP contribution in [0.15, 0.2) is 41.1 Å². The largest absolute Gasteiger partial charge is 0.236 e. The summed E-state index contributed by atoms with van der Waals surface area (Å²) in [7, 11) is 0. The molecule has 2 nitrogen and oxygen atoms in total. The maximum absolute atomic E-state index is 13.2. The Hall–Kier alpha value is -1.33. The average molecular weight is 352 g/mol. The van der Waals surface area contributed by atoms with Crippen molar-refractivity contribution in [1.82, 2.24) is 4.98 Å². The number of pyridine rings is 1. The number of hydrogen-bond donors (Lipinski definition) is 0. The second kappa shape index (κ2) is 5.58. The minimum absolute atomic E-state index is 0.219. The molecular weight excluding hydrogens is 339 g/mol. The summed E-state index contributed by atoms with van der Waals surface area (Å²) >= 11 is 5.05. The predicted octanol–water partition coefficient (Wildman–Crippen LogP) is 4.56. The van der Waals surface area contributed by atoms with Crippen LogP contribution in [0.5, 0.6) is 0 Å². The van der Waals surface area contributed by atoms with Gasteiger partial charge in [-0.1, -0.05) is 6.92 Å². The highest BCUT2D eigenvalue weighted by Crippen LogP contribution is 2.30. The van der Waals surface area contributed by atoms with Crippen LogP contribution in [-0.4, -0.2) is 4.98 Å². The van der Waals surface area contributed by atoms with E-state index in [1.165, 1.54) is 23.5 Å². The predicted molar refractivity (Wildman–Crippen MR) is 83.2 cm³/mol. The number of hydrogen-bond acceptors (Lipinski definition) is 2. The Kier molecular flexibility index (Phi) is 3.81. The van der Waals surface area contributed by atoms with Crippen molar-refractivity contribution in [2.45, 2.75) is 19.9 Å². The Balaban J connectivity index is 2.10. The average Bonchev–Trinajstić information content (AvgIpc) is 2.81. The lowest BCUT2D eigenvalue weighted by Crippen LogP contribution is -2.32. The molecule has 0 amide bonds. The first-order valence-electron chi connectivity index (χ1n) is 6.42. The van der Waals surface area contributed by atoms with E-state index in [-0.39, 0.29) is 5.82 Å². The van der Waals surface area contributed by atoms with Crippen molar-refractivity contribution in [3.05, 3.63) is 46.9 Å². The highest BCUT2D eigenvalue weighted by molar-refractivity contribution is 9.10. The molecule has 3 rings (SSSR count). The molecule has 0 spiro atoms. The summed E-state index contributed by atoms with van der Waals surface area (Å²) < 4.78 is 17.3. The Bertz CT molecular complexity index is 770. The fourth-order valence-electron chi connectivity index (χ4n) is 2.12. The number of aryl methyl sites for hydroxylation is 1. The van der Waals surface area contributed by atoms with Crippen LogP contribution in [0.4, 0.5) is 4.39 Å². The molecule has 3 aromatic rings. The van der Waals surface area contributed by atoms with E-state index in [4.69, 9.17) is 0 Å². The lowest BCUT2D eigenvalue weighted by molar-refractivity contribution is -0.697. The third-order valence-corrected chi connectivity index (χ3v) is 4.47. The molecule has 102 valence electrons. The fraction of sp³-hybridized carbons (Fsp3) is 0.200. The summed E-state index contributed by atoms with van der Waals surface area (Å²) in [6, 6.07) is 6.75. The van der Waals surface area contributed by atoms with Crippen molar-refractivity contribution in [3.63, 3.8) is 0 Å². The third kappa shape index (κ3) is 2.74. The van der Waals surface area contributed by atoms with Gasteiger partial charge < -0.3 is 0 Å². The first-order valence-corrected chi connectivity index (χ1v) is 8.03. The maximum atomic E-state index is 13.2. The van der Waals surface area contributed by atoms with E-state index >= 15 is 0 Å². The molecule has 0 fully saturated rings. The number of benzene rings is 1. The molecule has 0 atom stereocenters. The minimum atomic E-state index is -0.219.